The molecule has 0 aliphatic carbocycles. The predicted octanol–water partition coefficient (Wildman–Crippen LogP) is 4.93. The molecular formula is C22H16FN3O. The summed E-state index contributed by atoms with van der Waals surface area (Å²) in [4.78, 5) is 16.7. The van der Waals surface area contributed by atoms with Crippen LogP contribution in [0.15, 0.2) is 91.5 Å². The molecule has 27 heavy (non-hydrogen) atoms. The maximum absolute atomic E-state index is 14.4. The highest BCUT2D eigenvalue weighted by Crippen LogP contribution is 2.25. The Morgan fingerprint density at radius 2 is 1.74 bits per heavy atom. The fourth-order valence-corrected chi connectivity index (χ4v) is 2.94. The summed E-state index contributed by atoms with van der Waals surface area (Å²) in [7, 11) is 0. The Morgan fingerprint density at radius 3 is 2.48 bits per heavy atom. The molecule has 1 N–H and O–H groups in total. The van der Waals surface area contributed by atoms with Gasteiger partial charge in [0.05, 0.1) is 12.0 Å². The number of carbonyl (C=O) groups is 1. The molecule has 0 unspecified atom stereocenters. The smallest absolute Gasteiger partial charge is 0.256 e. The highest BCUT2D eigenvalue weighted by molar-refractivity contribution is 6.08. The first-order valence-corrected chi connectivity index (χ1v) is 8.46. The van der Waals surface area contributed by atoms with Crippen LogP contribution < -0.4 is 5.32 Å². The summed E-state index contributed by atoms with van der Waals surface area (Å²) in [5, 5.41) is 2.78. The molecule has 0 saturated carbocycles. The number of carbonyl (C=O) groups excluding carboxylic acids is 1. The molecule has 0 fully saturated rings. The normalized spacial score (nSPS) is 10.6. The van der Waals surface area contributed by atoms with Crippen molar-refractivity contribution in [3.8, 4) is 16.8 Å². The molecule has 4 rings (SSSR count). The van der Waals surface area contributed by atoms with Crippen molar-refractivity contribution in [3.63, 3.8) is 0 Å². The number of hydrogen-bond acceptors (Lipinski definition) is 2. The number of amides is 1. The summed E-state index contributed by atoms with van der Waals surface area (Å²) in [6, 6.07) is 21.6. The molecule has 0 saturated heterocycles. The number of benzene rings is 3. The zero-order valence-electron chi connectivity index (χ0n) is 14.3. The van der Waals surface area contributed by atoms with E-state index < -0.39 is 5.82 Å². The van der Waals surface area contributed by atoms with Gasteiger partial charge in [0.25, 0.3) is 5.91 Å². The van der Waals surface area contributed by atoms with Crippen molar-refractivity contribution in [1.29, 1.82) is 0 Å². The van der Waals surface area contributed by atoms with E-state index in [-0.39, 0.29) is 5.91 Å². The second-order valence-electron chi connectivity index (χ2n) is 6.00. The van der Waals surface area contributed by atoms with Gasteiger partial charge >= 0.3 is 0 Å². The van der Waals surface area contributed by atoms with Crippen LogP contribution in [-0.2, 0) is 0 Å². The van der Waals surface area contributed by atoms with Crippen molar-refractivity contribution in [2.75, 3.05) is 5.32 Å². The Kier molecular flexibility index (Phi) is 4.49. The summed E-state index contributed by atoms with van der Waals surface area (Å²) in [5.41, 5.74) is 3.07. The molecule has 132 valence electrons. The monoisotopic (exact) mass is 357 g/mol. The standard InChI is InChI=1S/C22H16FN3O/c23-20-14-17(10-11-21(20)26-13-12-24-15-26)25-22(27)19-9-5-4-8-18(19)16-6-2-1-3-7-16/h1-15H,(H,25,27). The minimum absolute atomic E-state index is 0.288. The molecule has 4 nitrogen and oxygen atoms in total. The van der Waals surface area contributed by atoms with E-state index in [2.05, 4.69) is 10.3 Å². The maximum atomic E-state index is 14.4. The first-order chi connectivity index (χ1) is 13.2. The predicted molar refractivity (Wildman–Crippen MR) is 103 cm³/mol. The van der Waals surface area contributed by atoms with Gasteiger partial charge in [-0.05, 0) is 35.4 Å². The molecule has 1 amide bonds. The fraction of sp³-hybridized carbons (Fsp3) is 0. The van der Waals surface area contributed by atoms with Crippen molar-refractivity contribution in [2.24, 2.45) is 0 Å². The zero-order chi connectivity index (χ0) is 18.6. The third kappa shape index (κ3) is 3.48. The third-order valence-corrected chi connectivity index (χ3v) is 4.24. The van der Waals surface area contributed by atoms with Crippen LogP contribution >= 0.6 is 0 Å². The van der Waals surface area contributed by atoms with E-state index in [9.17, 15) is 9.18 Å². The summed E-state index contributed by atoms with van der Waals surface area (Å²) in [6.45, 7) is 0. The summed E-state index contributed by atoms with van der Waals surface area (Å²) in [5.74, 6) is -0.730. The first kappa shape index (κ1) is 16.7. The fourth-order valence-electron chi connectivity index (χ4n) is 2.94. The number of rotatable bonds is 4. The molecule has 0 aliphatic heterocycles. The number of anilines is 1. The molecule has 0 radical (unpaired) electrons. The molecule has 5 heteroatoms. The van der Waals surface area contributed by atoms with Crippen LogP contribution in [0.4, 0.5) is 10.1 Å². The van der Waals surface area contributed by atoms with E-state index in [0.717, 1.165) is 11.1 Å². The van der Waals surface area contributed by atoms with E-state index in [1.165, 1.54) is 12.4 Å². The van der Waals surface area contributed by atoms with Crippen LogP contribution in [-0.4, -0.2) is 15.5 Å². The Morgan fingerprint density at radius 1 is 0.963 bits per heavy atom. The molecule has 1 aromatic heterocycles. The van der Waals surface area contributed by atoms with Crippen molar-refractivity contribution in [1.82, 2.24) is 9.55 Å². The van der Waals surface area contributed by atoms with Gasteiger partial charge in [0.15, 0.2) is 0 Å². The molecule has 0 atom stereocenters. The van der Waals surface area contributed by atoms with E-state index in [4.69, 9.17) is 0 Å². The SMILES string of the molecule is O=C(Nc1ccc(-n2ccnc2)c(F)c1)c1ccccc1-c1ccccc1. The molecule has 4 aromatic rings. The summed E-state index contributed by atoms with van der Waals surface area (Å²) >= 11 is 0. The maximum Gasteiger partial charge on any atom is 0.256 e. The number of halogens is 1. The van der Waals surface area contributed by atoms with Crippen LogP contribution in [0.2, 0.25) is 0 Å². The Hall–Kier alpha value is -3.73. The van der Waals surface area contributed by atoms with E-state index >= 15 is 0 Å². The van der Waals surface area contributed by atoms with Crippen LogP contribution in [0.5, 0.6) is 0 Å². The van der Waals surface area contributed by atoms with Gasteiger partial charge < -0.3 is 9.88 Å². The van der Waals surface area contributed by atoms with Crippen LogP contribution in [0, 0.1) is 5.82 Å². The lowest BCUT2D eigenvalue weighted by Crippen LogP contribution is -2.13. The van der Waals surface area contributed by atoms with Gasteiger partial charge in [-0.25, -0.2) is 9.37 Å². The first-order valence-electron chi connectivity index (χ1n) is 8.46. The lowest BCUT2D eigenvalue weighted by Gasteiger charge is -2.11. The number of nitrogens with zero attached hydrogens (tertiary/aromatic N) is 2. The second-order valence-corrected chi connectivity index (χ2v) is 6.00. The van der Waals surface area contributed by atoms with Gasteiger partial charge in [0.2, 0.25) is 0 Å². The van der Waals surface area contributed by atoms with Gasteiger partial charge in [0, 0.05) is 23.6 Å². The minimum Gasteiger partial charge on any atom is -0.322 e. The van der Waals surface area contributed by atoms with Crippen molar-refractivity contribution < 1.29 is 9.18 Å². The zero-order valence-corrected chi connectivity index (χ0v) is 14.3. The Balaban J connectivity index is 1.61. The number of imidazole rings is 1. The average molecular weight is 357 g/mol. The van der Waals surface area contributed by atoms with Crippen LogP contribution in [0.25, 0.3) is 16.8 Å². The minimum atomic E-state index is -0.442. The van der Waals surface area contributed by atoms with Crippen molar-refractivity contribution in [3.05, 3.63) is 103 Å². The van der Waals surface area contributed by atoms with Gasteiger partial charge in [-0.1, -0.05) is 48.5 Å². The highest BCUT2D eigenvalue weighted by atomic mass is 19.1. The number of aromatic nitrogens is 2. The van der Waals surface area contributed by atoms with Crippen molar-refractivity contribution in [2.45, 2.75) is 0 Å². The van der Waals surface area contributed by atoms with Gasteiger partial charge in [-0.3, -0.25) is 4.79 Å². The second kappa shape index (κ2) is 7.25. The molecule has 0 bridgehead atoms. The lowest BCUT2D eigenvalue weighted by molar-refractivity contribution is 0.102. The molecular weight excluding hydrogens is 341 g/mol. The number of nitrogens with one attached hydrogen (secondary N) is 1. The van der Waals surface area contributed by atoms with Crippen molar-refractivity contribution >= 4 is 11.6 Å². The summed E-state index contributed by atoms with van der Waals surface area (Å²) < 4.78 is 16.0. The van der Waals surface area contributed by atoms with E-state index in [1.807, 2.05) is 48.5 Å². The van der Waals surface area contributed by atoms with Gasteiger partial charge in [-0.2, -0.15) is 0 Å². The Bertz CT molecular complexity index is 1080. The molecule has 0 aliphatic rings. The summed E-state index contributed by atoms with van der Waals surface area (Å²) in [6.07, 6.45) is 4.76. The molecule has 1 heterocycles. The number of hydrogen-bond donors (Lipinski definition) is 1. The molecule has 0 spiro atoms. The van der Waals surface area contributed by atoms with Crippen LogP contribution in [0.1, 0.15) is 10.4 Å². The largest absolute Gasteiger partial charge is 0.322 e. The van der Waals surface area contributed by atoms with Gasteiger partial charge in [-0.15, -0.1) is 0 Å². The third-order valence-electron chi connectivity index (χ3n) is 4.24. The van der Waals surface area contributed by atoms with E-state index in [0.29, 0.717) is 16.9 Å². The average Bonchev–Trinajstić information content (AvgIpc) is 3.23. The quantitative estimate of drug-likeness (QED) is 0.563. The highest BCUT2D eigenvalue weighted by Gasteiger charge is 2.13. The van der Waals surface area contributed by atoms with Gasteiger partial charge in [0.1, 0.15) is 5.82 Å². The topological polar surface area (TPSA) is 46.9 Å². The van der Waals surface area contributed by atoms with Crippen LogP contribution in [0.3, 0.4) is 0 Å². The van der Waals surface area contributed by atoms with E-state index in [1.54, 1.807) is 35.2 Å². The Labute approximate surface area is 155 Å². The lowest BCUT2D eigenvalue weighted by atomic mass is 9.99. The molecule has 3 aromatic carbocycles.